The minimum Gasteiger partial charge on any atom is -0.492 e. The van der Waals surface area contributed by atoms with E-state index < -0.39 is 0 Å². The summed E-state index contributed by atoms with van der Waals surface area (Å²) in [6.07, 6.45) is 0. The quantitative estimate of drug-likeness (QED) is 0.442. The molecule has 1 rings (SSSR count). The first kappa shape index (κ1) is 15.5. The van der Waals surface area contributed by atoms with Gasteiger partial charge in [-0.25, -0.2) is 5.84 Å². The average molecular weight is 265 g/mol. The number of hydrogen-bond donors (Lipinski definition) is 2. The van der Waals surface area contributed by atoms with Crippen LogP contribution in [-0.4, -0.2) is 37.6 Å². The second kappa shape index (κ2) is 7.76. The van der Waals surface area contributed by atoms with Crippen molar-refractivity contribution in [3.8, 4) is 5.75 Å². The van der Waals surface area contributed by atoms with Crippen LogP contribution in [0.3, 0.4) is 0 Å². The van der Waals surface area contributed by atoms with Crippen LogP contribution in [0.25, 0.3) is 0 Å². The van der Waals surface area contributed by atoms with Crippen molar-refractivity contribution in [3.05, 3.63) is 29.8 Å². The molecule has 0 radical (unpaired) electrons. The van der Waals surface area contributed by atoms with Crippen molar-refractivity contribution in [2.24, 2.45) is 11.8 Å². The van der Waals surface area contributed by atoms with Gasteiger partial charge in [0, 0.05) is 18.7 Å². The molecule has 5 nitrogen and oxygen atoms in total. The van der Waals surface area contributed by atoms with Gasteiger partial charge in [-0.15, -0.1) is 0 Å². The van der Waals surface area contributed by atoms with Gasteiger partial charge in [0.1, 0.15) is 12.4 Å². The third-order valence-corrected chi connectivity index (χ3v) is 2.67. The van der Waals surface area contributed by atoms with E-state index in [0.717, 1.165) is 18.8 Å². The lowest BCUT2D eigenvalue weighted by Gasteiger charge is -2.18. The smallest absolute Gasteiger partial charge is 0.265 e. The highest BCUT2D eigenvalue weighted by Crippen LogP contribution is 2.12. The van der Waals surface area contributed by atoms with Crippen LogP contribution >= 0.6 is 0 Å². The SMILES string of the molecule is CC(C)CN(C)CCOc1ccc(C(=O)NN)cc1. The number of nitrogens with two attached hydrogens (primary N) is 1. The molecule has 1 amide bonds. The van der Waals surface area contributed by atoms with Crippen molar-refractivity contribution >= 4 is 5.91 Å². The van der Waals surface area contributed by atoms with Crippen molar-refractivity contribution in [3.63, 3.8) is 0 Å². The molecule has 106 valence electrons. The minimum absolute atomic E-state index is 0.303. The number of hydrogen-bond acceptors (Lipinski definition) is 4. The fraction of sp³-hybridized carbons (Fsp3) is 0.500. The van der Waals surface area contributed by atoms with Crippen LogP contribution < -0.4 is 16.0 Å². The maximum absolute atomic E-state index is 11.2. The molecule has 0 fully saturated rings. The van der Waals surface area contributed by atoms with Crippen LogP contribution in [0.4, 0.5) is 0 Å². The molecule has 0 saturated carbocycles. The summed E-state index contributed by atoms with van der Waals surface area (Å²) in [4.78, 5) is 13.5. The molecular formula is C14H23N3O2. The molecule has 0 aromatic heterocycles. The van der Waals surface area contributed by atoms with E-state index in [4.69, 9.17) is 10.6 Å². The largest absolute Gasteiger partial charge is 0.492 e. The lowest BCUT2D eigenvalue weighted by atomic mass is 10.2. The first-order valence-electron chi connectivity index (χ1n) is 6.45. The zero-order valence-corrected chi connectivity index (χ0v) is 11.8. The highest BCUT2D eigenvalue weighted by molar-refractivity contribution is 5.93. The number of nitrogen functional groups attached to an aromatic ring is 1. The molecule has 1 aromatic carbocycles. The zero-order valence-electron chi connectivity index (χ0n) is 11.8. The molecule has 0 bridgehead atoms. The maximum Gasteiger partial charge on any atom is 0.265 e. The number of likely N-dealkylation sites (N-methyl/N-ethyl adjacent to an activating group) is 1. The van der Waals surface area contributed by atoms with Gasteiger partial charge in [0.2, 0.25) is 0 Å². The Morgan fingerprint density at radius 3 is 2.53 bits per heavy atom. The van der Waals surface area contributed by atoms with Gasteiger partial charge < -0.3 is 9.64 Å². The summed E-state index contributed by atoms with van der Waals surface area (Å²) in [6, 6.07) is 6.92. The first-order valence-corrected chi connectivity index (χ1v) is 6.45. The van der Waals surface area contributed by atoms with Gasteiger partial charge in [0.05, 0.1) is 0 Å². The van der Waals surface area contributed by atoms with E-state index in [1.165, 1.54) is 0 Å². The van der Waals surface area contributed by atoms with Crippen LogP contribution in [0.5, 0.6) is 5.75 Å². The summed E-state index contributed by atoms with van der Waals surface area (Å²) in [5.74, 6) is 6.16. The third-order valence-electron chi connectivity index (χ3n) is 2.67. The number of hydrazine groups is 1. The van der Waals surface area contributed by atoms with Gasteiger partial charge in [0.25, 0.3) is 5.91 Å². The number of nitrogens with one attached hydrogen (secondary N) is 1. The predicted octanol–water partition coefficient (Wildman–Crippen LogP) is 1.26. The third kappa shape index (κ3) is 5.72. The molecule has 5 heteroatoms. The van der Waals surface area contributed by atoms with E-state index in [1.54, 1.807) is 24.3 Å². The Bertz CT molecular complexity index is 390. The van der Waals surface area contributed by atoms with Crippen LogP contribution in [0.15, 0.2) is 24.3 Å². The van der Waals surface area contributed by atoms with Crippen LogP contribution in [0, 0.1) is 5.92 Å². The lowest BCUT2D eigenvalue weighted by molar-refractivity contribution is 0.0953. The molecule has 0 saturated heterocycles. The van der Waals surface area contributed by atoms with E-state index in [1.807, 2.05) is 0 Å². The number of carbonyl (C=O) groups is 1. The number of rotatable bonds is 7. The summed E-state index contributed by atoms with van der Waals surface area (Å²) in [5, 5.41) is 0. The second-order valence-electron chi connectivity index (χ2n) is 5.00. The minimum atomic E-state index is -0.303. The lowest BCUT2D eigenvalue weighted by Crippen LogP contribution is -2.29. The number of carbonyl (C=O) groups excluding carboxylic acids is 1. The highest BCUT2D eigenvalue weighted by atomic mass is 16.5. The van der Waals surface area contributed by atoms with Gasteiger partial charge in [-0.2, -0.15) is 0 Å². The van der Waals surface area contributed by atoms with E-state index in [-0.39, 0.29) is 5.91 Å². The molecule has 0 spiro atoms. The van der Waals surface area contributed by atoms with Crippen molar-refractivity contribution in [1.29, 1.82) is 0 Å². The molecular weight excluding hydrogens is 242 g/mol. The zero-order chi connectivity index (χ0) is 14.3. The molecule has 0 aliphatic heterocycles. The van der Waals surface area contributed by atoms with Crippen LogP contribution in [-0.2, 0) is 0 Å². The molecule has 0 aliphatic carbocycles. The van der Waals surface area contributed by atoms with E-state index >= 15 is 0 Å². The Labute approximate surface area is 114 Å². The summed E-state index contributed by atoms with van der Waals surface area (Å²) >= 11 is 0. The van der Waals surface area contributed by atoms with Crippen molar-refractivity contribution in [2.75, 3.05) is 26.7 Å². The van der Waals surface area contributed by atoms with E-state index in [9.17, 15) is 4.79 Å². The standard InChI is InChI=1S/C14H23N3O2/c1-11(2)10-17(3)8-9-19-13-6-4-12(5-7-13)14(18)16-15/h4-7,11H,8-10,15H2,1-3H3,(H,16,18). The molecule has 19 heavy (non-hydrogen) atoms. The summed E-state index contributed by atoms with van der Waals surface area (Å²) in [5.41, 5.74) is 2.61. The number of ether oxygens (including phenoxy) is 1. The second-order valence-corrected chi connectivity index (χ2v) is 5.00. The molecule has 0 atom stereocenters. The average Bonchev–Trinajstić information content (AvgIpc) is 2.37. The van der Waals surface area contributed by atoms with E-state index in [0.29, 0.717) is 18.1 Å². The Kier molecular flexibility index (Phi) is 6.32. The van der Waals surface area contributed by atoms with E-state index in [2.05, 4.69) is 31.2 Å². The number of benzene rings is 1. The van der Waals surface area contributed by atoms with Crippen molar-refractivity contribution in [2.45, 2.75) is 13.8 Å². The summed E-state index contributed by atoms with van der Waals surface area (Å²) < 4.78 is 5.62. The molecule has 0 unspecified atom stereocenters. The fourth-order valence-electron chi connectivity index (χ4n) is 1.82. The summed E-state index contributed by atoms with van der Waals surface area (Å²) in [6.45, 7) is 6.95. The van der Waals surface area contributed by atoms with Gasteiger partial charge >= 0.3 is 0 Å². The number of nitrogens with zero attached hydrogens (tertiary/aromatic N) is 1. The van der Waals surface area contributed by atoms with Crippen LogP contribution in [0.1, 0.15) is 24.2 Å². The summed E-state index contributed by atoms with van der Waals surface area (Å²) in [7, 11) is 2.08. The maximum atomic E-state index is 11.2. The van der Waals surface area contributed by atoms with Crippen molar-refractivity contribution < 1.29 is 9.53 Å². The van der Waals surface area contributed by atoms with Gasteiger partial charge in [0.15, 0.2) is 0 Å². The number of amides is 1. The van der Waals surface area contributed by atoms with Gasteiger partial charge in [-0.05, 0) is 37.2 Å². The Morgan fingerprint density at radius 1 is 1.37 bits per heavy atom. The molecule has 0 heterocycles. The van der Waals surface area contributed by atoms with Gasteiger partial charge in [-0.1, -0.05) is 13.8 Å². The molecule has 3 N–H and O–H groups in total. The topological polar surface area (TPSA) is 67.6 Å². The first-order chi connectivity index (χ1) is 9.02. The normalized spacial score (nSPS) is 10.8. The Hall–Kier alpha value is -1.59. The van der Waals surface area contributed by atoms with Gasteiger partial charge in [-0.3, -0.25) is 10.2 Å². The fourth-order valence-corrected chi connectivity index (χ4v) is 1.82. The Morgan fingerprint density at radius 2 is 2.00 bits per heavy atom. The predicted molar refractivity (Wildman–Crippen MR) is 75.9 cm³/mol. The molecule has 0 aliphatic rings. The highest BCUT2D eigenvalue weighted by Gasteiger charge is 2.04. The monoisotopic (exact) mass is 265 g/mol. The molecule has 1 aromatic rings. The van der Waals surface area contributed by atoms with Crippen LogP contribution in [0.2, 0.25) is 0 Å². The van der Waals surface area contributed by atoms with Crippen molar-refractivity contribution in [1.82, 2.24) is 10.3 Å². The Balaban J connectivity index is 2.36.